The van der Waals surface area contributed by atoms with Crippen molar-refractivity contribution in [3.63, 3.8) is 0 Å². The van der Waals surface area contributed by atoms with E-state index in [0.717, 1.165) is 33.3 Å². The Hall–Kier alpha value is -2.11. The number of hydrogen-bond donors (Lipinski definition) is 1. The molecule has 2 heterocycles. The molecule has 0 amide bonds. The molecule has 0 aliphatic carbocycles. The van der Waals surface area contributed by atoms with Crippen LogP contribution in [0, 0.1) is 13.8 Å². The van der Waals surface area contributed by atoms with Gasteiger partial charge in [-0.25, -0.2) is 4.98 Å². The largest absolute Gasteiger partial charge is 0.455 e. The molecule has 0 aliphatic rings. The summed E-state index contributed by atoms with van der Waals surface area (Å²) in [5.41, 5.74) is 3.05. The van der Waals surface area contributed by atoms with Crippen LogP contribution in [0.3, 0.4) is 0 Å². The highest BCUT2D eigenvalue weighted by molar-refractivity contribution is 7.15. The molecule has 4 nitrogen and oxygen atoms in total. The van der Waals surface area contributed by atoms with Gasteiger partial charge in [0.05, 0.1) is 12.7 Å². The first-order chi connectivity index (χ1) is 11.1. The molecule has 1 aromatic carbocycles. The van der Waals surface area contributed by atoms with Crippen molar-refractivity contribution in [2.24, 2.45) is 0 Å². The van der Waals surface area contributed by atoms with Crippen LogP contribution < -0.4 is 10.1 Å². The fourth-order valence-electron chi connectivity index (χ4n) is 2.07. The molecule has 0 unspecified atom stereocenters. The van der Waals surface area contributed by atoms with Crippen LogP contribution in [0.1, 0.15) is 16.1 Å². The number of benzene rings is 1. The molecular formula is C17H16ClN3OS. The highest BCUT2D eigenvalue weighted by atomic mass is 35.5. The minimum Gasteiger partial charge on any atom is -0.455 e. The quantitative estimate of drug-likeness (QED) is 0.689. The first-order valence-corrected chi connectivity index (χ1v) is 8.35. The fourth-order valence-corrected chi connectivity index (χ4v) is 2.99. The lowest BCUT2D eigenvalue weighted by atomic mass is 10.2. The van der Waals surface area contributed by atoms with Crippen molar-refractivity contribution in [2.75, 3.05) is 5.32 Å². The minimum atomic E-state index is 0.563. The van der Waals surface area contributed by atoms with E-state index in [1.165, 1.54) is 11.3 Å². The van der Waals surface area contributed by atoms with Crippen molar-refractivity contribution in [3.8, 4) is 11.5 Å². The molecule has 0 saturated carbocycles. The molecule has 0 atom stereocenters. The zero-order valence-corrected chi connectivity index (χ0v) is 14.4. The van der Waals surface area contributed by atoms with Gasteiger partial charge in [0.25, 0.3) is 0 Å². The van der Waals surface area contributed by atoms with E-state index in [2.05, 4.69) is 21.4 Å². The van der Waals surface area contributed by atoms with Crippen LogP contribution in [0.4, 0.5) is 5.69 Å². The lowest BCUT2D eigenvalue weighted by Crippen LogP contribution is -1.98. The lowest BCUT2D eigenvalue weighted by Gasteiger charge is -2.11. The van der Waals surface area contributed by atoms with Gasteiger partial charge < -0.3 is 10.1 Å². The summed E-state index contributed by atoms with van der Waals surface area (Å²) in [5, 5.41) is 3.36. The van der Waals surface area contributed by atoms with Gasteiger partial charge in [-0.05, 0) is 49.7 Å². The smallest absolute Gasteiger partial charge is 0.183 e. The number of rotatable bonds is 5. The first-order valence-electron chi connectivity index (χ1n) is 7.15. The van der Waals surface area contributed by atoms with Gasteiger partial charge in [-0.15, -0.1) is 11.3 Å². The van der Waals surface area contributed by atoms with Gasteiger partial charge in [-0.3, -0.25) is 4.98 Å². The number of aryl methyl sites for hydroxylation is 2. The van der Waals surface area contributed by atoms with Crippen LogP contribution in [0.5, 0.6) is 11.5 Å². The van der Waals surface area contributed by atoms with E-state index >= 15 is 0 Å². The maximum Gasteiger partial charge on any atom is 0.183 e. The number of anilines is 1. The van der Waals surface area contributed by atoms with Crippen LogP contribution in [0.15, 0.2) is 42.7 Å². The molecule has 0 radical (unpaired) electrons. The molecule has 0 fully saturated rings. The van der Waals surface area contributed by atoms with Crippen molar-refractivity contribution < 1.29 is 4.74 Å². The number of hydrogen-bond acceptors (Lipinski definition) is 5. The Morgan fingerprint density at radius 3 is 2.65 bits per heavy atom. The summed E-state index contributed by atoms with van der Waals surface area (Å²) < 4.78 is 6.43. The minimum absolute atomic E-state index is 0.563. The van der Waals surface area contributed by atoms with Gasteiger partial charge in [-0.2, -0.15) is 0 Å². The lowest BCUT2D eigenvalue weighted by molar-refractivity contribution is 0.476. The molecule has 23 heavy (non-hydrogen) atoms. The van der Waals surface area contributed by atoms with Gasteiger partial charge in [0.1, 0.15) is 11.5 Å². The third-order valence-corrected chi connectivity index (χ3v) is 4.39. The SMILES string of the molecule is Cc1ccc(Oc2ccc(NCc3cnc(Cl)s3)cc2C)cn1. The normalized spacial score (nSPS) is 10.6. The van der Waals surface area contributed by atoms with Crippen LogP contribution >= 0.6 is 22.9 Å². The van der Waals surface area contributed by atoms with Gasteiger partial charge >= 0.3 is 0 Å². The zero-order chi connectivity index (χ0) is 16.2. The molecule has 6 heteroatoms. The second-order valence-corrected chi connectivity index (χ2v) is 6.85. The first kappa shape index (κ1) is 15.8. The highest BCUT2D eigenvalue weighted by Gasteiger charge is 2.04. The Bertz CT molecular complexity index is 802. The summed E-state index contributed by atoms with van der Waals surface area (Å²) >= 11 is 7.31. The molecular weight excluding hydrogens is 330 g/mol. The zero-order valence-electron chi connectivity index (χ0n) is 12.8. The van der Waals surface area contributed by atoms with E-state index in [1.807, 2.05) is 38.1 Å². The summed E-state index contributed by atoms with van der Waals surface area (Å²) in [4.78, 5) is 9.36. The summed E-state index contributed by atoms with van der Waals surface area (Å²) in [5.74, 6) is 1.56. The number of thiazole rings is 1. The Morgan fingerprint density at radius 2 is 2.00 bits per heavy atom. The fraction of sp³-hybridized carbons (Fsp3) is 0.176. The van der Waals surface area contributed by atoms with Crippen molar-refractivity contribution >= 4 is 28.6 Å². The van der Waals surface area contributed by atoms with E-state index in [9.17, 15) is 0 Å². The van der Waals surface area contributed by atoms with Crippen molar-refractivity contribution in [3.05, 3.63) is 63.3 Å². The molecule has 0 saturated heterocycles. The summed E-state index contributed by atoms with van der Waals surface area (Å²) in [7, 11) is 0. The molecule has 0 spiro atoms. The predicted molar refractivity (Wildman–Crippen MR) is 94.7 cm³/mol. The standard InChI is InChI=1S/C17H16ClN3OS/c1-11-7-13(20-9-15-10-21-17(18)23-15)4-6-16(11)22-14-5-3-12(2)19-8-14/h3-8,10,20H,9H2,1-2H3. The average Bonchev–Trinajstić information content (AvgIpc) is 2.95. The number of ether oxygens (including phenoxy) is 1. The highest BCUT2D eigenvalue weighted by Crippen LogP contribution is 2.27. The number of halogens is 1. The van der Waals surface area contributed by atoms with E-state index in [1.54, 1.807) is 12.4 Å². The maximum absolute atomic E-state index is 5.87. The third kappa shape index (κ3) is 4.21. The Labute approximate surface area is 144 Å². The molecule has 0 aliphatic heterocycles. The van der Waals surface area contributed by atoms with Crippen LogP contribution in [0.25, 0.3) is 0 Å². The van der Waals surface area contributed by atoms with Gasteiger partial charge in [-0.1, -0.05) is 11.6 Å². The van der Waals surface area contributed by atoms with E-state index in [4.69, 9.17) is 16.3 Å². The van der Waals surface area contributed by atoms with E-state index in [-0.39, 0.29) is 0 Å². The number of aromatic nitrogens is 2. The second kappa shape index (κ2) is 6.98. The topological polar surface area (TPSA) is 47.0 Å². The predicted octanol–water partition coefficient (Wildman–Crippen LogP) is 5.21. The van der Waals surface area contributed by atoms with Crippen LogP contribution in [0.2, 0.25) is 4.47 Å². The average molecular weight is 346 g/mol. The Kier molecular flexibility index (Phi) is 4.79. The number of nitrogens with one attached hydrogen (secondary N) is 1. The Balaban J connectivity index is 1.66. The summed E-state index contributed by atoms with van der Waals surface area (Å²) in [6.45, 7) is 4.67. The number of nitrogens with zero attached hydrogens (tertiary/aromatic N) is 2. The third-order valence-electron chi connectivity index (χ3n) is 3.28. The van der Waals surface area contributed by atoms with Gasteiger partial charge in [0.2, 0.25) is 0 Å². The molecule has 1 N–H and O–H groups in total. The van der Waals surface area contributed by atoms with Crippen LogP contribution in [-0.4, -0.2) is 9.97 Å². The Morgan fingerprint density at radius 1 is 1.13 bits per heavy atom. The number of pyridine rings is 1. The molecule has 118 valence electrons. The molecule has 3 rings (SSSR count). The second-order valence-electron chi connectivity index (χ2n) is 5.15. The summed E-state index contributed by atoms with van der Waals surface area (Å²) in [6.07, 6.45) is 3.52. The molecule has 0 bridgehead atoms. The van der Waals surface area contributed by atoms with Gasteiger partial charge in [0.15, 0.2) is 4.47 Å². The van der Waals surface area contributed by atoms with Crippen molar-refractivity contribution in [1.82, 2.24) is 9.97 Å². The van der Waals surface area contributed by atoms with Crippen molar-refractivity contribution in [1.29, 1.82) is 0 Å². The molecule has 2 aromatic heterocycles. The maximum atomic E-state index is 5.87. The van der Waals surface area contributed by atoms with Crippen LogP contribution in [-0.2, 0) is 6.54 Å². The molecule has 3 aromatic rings. The van der Waals surface area contributed by atoms with E-state index < -0.39 is 0 Å². The van der Waals surface area contributed by atoms with Crippen molar-refractivity contribution in [2.45, 2.75) is 20.4 Å². The monoisotopic (exact) mass is 345 g/mol. The van der Waals surface area contributed by atoms with Gasteiger partial charge in [0, 0.05) is 22.5 Å². The van der Waals surface area contributed by atoms with E-state index in [0.29, 0.717) is 11.0 Å². The summed E-state index contributed by atoms with van der Waals surface area (Å²) in [6, 6.07) is 9.85.